The second-order valence-electron chi connectivity index (χ2n) is 5.45. The fourth-order valence-electron chi connectivity index (χ4n) is 2.10. The molecule has 1 rings (SSSR count). The molecular formula is C16H24N2O3. The van der Waals surface area contributed by atoms with Crippen molar-refractivity contribution in [2.24, 2.45) is 5.92 Å². The van der Waals surface area contributed by atoms with E-state index in [-0.39, 0.29) is 24.2 Å². The number of Topliss-reactive ketones (excluding diaryl/α,β-unsaturated/α-hetero) is 1. The molecule has 21 heavy (non-hydrogen) atoms. The fourth-order valence-corrected chi connectivity index (χ4v) is 2.10. The van der Waals surface area contributed by atoms with Crippen molar-refractivity contribution >= 4 is 17.4 Å². The largest absolute Gasteiger partial charge is 0.497 e. The number of ketones is 1. The van der Waals surface area contributed by atoms with Crippen LogP contribution in [0.25, 0.3) is 0 Å². The minimum atomic E-state index is -0.429. The molecule has 0 saturated heterocycles. The Labute approximate surface area is 126 Å². The van der Waals surface area contributed by atoms with E-state index in [1.807, 2.05) is 50.1 Å². The molecule has 116 valence electrons. The van der Waals surface area contributed by atoms with Crippen LogP contribution in [0.4, 0.5) is 5.69 Å². The Hall–Kier alpha value is -2.04. The monoisotopic (exact) mass is 292 g/mol. The summed E-state index contributed by atoms with van der Waals surface area (Å²) in [5, 5.41) is 2.78. The van der Waals surface area contributed by atoms with Crippen molar-refractivity contribution in [3.8, 4) is 5.75 Å². The van der Waals surface area contributed by atoms with E-state index in [0.717, 1.165) is 11.4 Å². The predicted molar refractivity (Wildman–Crippen MR) is 83.7 cm³/mol. The Kier molecular flexibility index (Phi) is 6.21. The van der Waals surface area contributed by atoms with Crippen LogP contribution in [0.1, 0.15) is 20.8 Å². The molecule has 0 spiro atoms. The third kappa shape index (κ3) is 5.10. The molecule has 0 aromatic heterocycles. The van der Waals surface area contributed by atoms with Crippen LogP contribution in [0.3, 0.4) is 0 Å². The second kappa shape index (κ2) is 7.67. The van der Waals surface area contributed by atoms with Crippen LogP contribution in [-0.2, 0) is 9.59 Å². The molecule has 0 saturated carbocycles. The number of nitrogens with one attached hydrogen (secondary N) is 1. The van der Waals surface area contributed by atoms with Crippen LogP contribution < -0.4 is 15.0 Å². The minimum absolute atomic E-state index is 0.0227. The first-order chi connectivity index (χ1) is 9.85. The molecule has 0 heterocycles. The number of hydrogen-bond acceptors (Lipinski definition) is 4. The summed E-state index contributed by atoms with van der Waals surface area (Å²) < 4.78 is 5.10. The third-order valence-electron chi connectivity index (χ3n) is 3.32. The lowest BCUT2D eigenvalue weighted by atomic mass is 10.0. The van der Waals surface area contributed by atoms with Crippen molar-refractivity contribution in [1.29, 1.82) is 0 Å². The van der Waals surface area contributed by atoms with Crippen molar-refractivity contribution < 1.29 is 14.3 Å². The van der Waals surface area contributed by atoms with Gasteiger partial charge in [-0.1, -0.05) is 13.8 Å². The number of methoxy groups -OCH3 is 1. The maximum atomic E-state index is 12.0. The molecule has 1 atom stereocenters. The molecule has 1 amide bonds. The van der Waals surface area contributed by atoms with Gasteiger partial charge < -0.3 is 15.0 Å². The zero-order valence-electron chi connectivity index (χ0n) is 13.3. The van der Waals surface area contributed by atoms with E-state index in [4.69, 9.17) is 4.74 Å². The average Bonchev–Trinajstić information content (AvgIpc) is 2.44. The van der Waals surface area contributed by atoms with Crippen molar-refractivity contribution in [2.75, 3.05) is 25.6 Å². The fraction of sp³-hybridized carbons (Fsp3) is 0.500. The van der Waals surface area contributed by atoms with Gasteiger partial charge in [0, 0.05) is 12.7 Å². The smallest absolute Gasteiger partial charge is 0.240 e. The zero-order chi connectivity index (χ0) is 16.0. The van der Waals surface area contributed by atoms with Gasteiger partial charge in [-0.05, 0) is 37.1 Å². The average molecular weight is 292 g/mol. The molecule has 5 nitrogen and oxygen atoms in total. The van der Waals surface area contributed by atoms with Crippen LogP contribution in [0.15, 0.2) is 24.3 Å². The molecule has 0 aliphatic carbocycles. The van der Waals surface area contributed by atoms with Crippen LogP contribution in [0.2, 0.25) is 0 Å². The van der Waals surface area contributed by atoms with Crippen LogP contribution in [0, 0.1) is 5.92 Å². The Morgan fingerprint density at radius 1 is 1.24 bits per heavy atom. The first-order valence-corrected chi connectivity index (χ1v) is 7.00. The highest BCUT2D eigenvalue weighted by Crippen LogP contribution is 2.17. The topological polar surface area (TPSA) is 58.6 Å². The number of carbonyl (C=O) groups excluding carboxylic acids is 2. The maximum Gasteiger partial charge on any atom is 0.240 e. The van der Waals surface area contributed by atoms with Gasteiger partial charge in [0.15, 0.2) is 5.78 Å². The minimum Gasteiger partial charge on any atom is -0.497 e. The molecule has 1 unspecified atom stereocenters. The van der Waals surface area contributed by atoms with Crippen LogP contribution in [-0.4, -0.2) is 38.4 Å². The number of anilines is 1. The third-order valence-corrected chi connectivity index (χ3v) is 3.32. The summed E-state index contributed by atoms with van der Waals surface area (Å²) in [5.74, 6) is 0.665. The summed E-state index contributed by atoms with van der Waals surface area (Å²) in [4.78, 5) is 25.4. The molecule has 1 N–H and O–H groups in total. The lowest BCUT2D eigenvalue weighted by Crippen LogP contribution is -2.46. The number of likely N-dealkylation sites (N-methyl/N-ethyl adjacent to an activating group) is 1. The lowest BCUT2D eigenvalue weighted by molar-refractivity contribution is -0.127. The van der Waals surface area contributed by atoms with Crippen molar-refractivity contribution in [3.05, 3.63) is 24.3 Å². The normalized spacial score (nSPS) is 11.9. The van der Waals surface area contributed by atoms with E-state index in [2.05, 4.69) is 5.32 Å². The highest BCUT2D eigenvalue weighted by Gasteiger charge is 2.21. The van der Waals surface area contributed by atoms with E-state index < -0.39 is 6.04 Å². The molecule has 1 aromatic carbocycles. The van der Waals surface area contributed by atoms with E-state index >= 15 is 0 Å². The van der Waals surface area contributed by atoms with Gasteiger partial charge in [-0.25, -0.2) is 0 Å². The van der Waals surface area contributed by atoms with Gasteiger partial charge >= 0.3 is 0 Å². The van der Waals surface area contributed by atoms with Gasteiger partial charge in [0.25, 0.3) is 0 Å². The predicted octanol–water partition coefficient (Wildman–Crippen LogP) is 1.86. The number of ether oxygens (including phenoxy) is 1. The zero-order valence-corrected chi connectivity index (χ0v) is 13.3. The number of rotatable bonds is 7. The standard InChI is InChI=1S/C16H24N2O3/c1-11(2)16(12(3)19)17-15(20)10-18(4)13-6-8-14(21-5)9-7-13/h6-9,11,16H,10H2,1-5H3,(H,17,20). The highest BCUT2D eigenvalue weighted by molar-refractivity contribution is 5.89. The number of amides is 1. The number of nitrogens with zero attached hydrogens (tertiary/aromatic N) is 1. The molecule has 5 heteroatoms. The van der Waals surface area contributed by atoms with Crippen molar-refractivity contribution in [1.82, 2.24) is 5.32 Å². The van der Waals surface area contributed by atoms with E-state index in [9.17, 15) is 9.59 Å². The number of hydrogen-bond donors (Lipinski definition) is 1. The Morgan fingerprint density at radius 2 is 1.81 bits per heavy atom. The van der Waals surface area contributed by atoms with Gasteiger partial charge in [0.1, 0.15) is 5.75 Å². The molecule has 1 aromatic rings. The Morgan fingerprint density at radius 3 is 2.24 bits per heavy atom. The Balaban J connectivity index is 2.62. The van der Waals surface area contributed by atoms with E-state index in [1.165, 1.54) is 6.92 Å². The molecule has 0 bridgehead atoms. The van der Waals surface area contributed by atoms with Gasteiger partial charge in [0.05, 0.1) is 19.7 Å². The summed E-state index contributed by atoms with van der Waals surface area (Å²) in [7, 11) is 3.44. The van der Waals surface area contributed by atoms with Gasteiger partial charge in [0.2, 0.25) is 5.91 Å². The molecular weight excluding hydrogens is 268 g/mol. The summed E-state index contributed by atoms with van der Waals surface area (Å²) >= 11 is 0. The second-order valence-corrected chi connectivity index (χ2v) is 5.45. The molecule has 0 fully saturated rings. The van der Waals surface area contributed by atoms with Crippen LogP contribution in [0.5, 0.6) is 5.75 Å². The van der Waals surface area contributed by atoms with Crippen molar-refractivity contribution in [3.63, 3.8) is 0 Å². The summed E-state index contributed by atoms with van der Waals surface area (Å²) in [6.45, 7) is 5.53. The summed E-state index contributed by atoms with van der Waals surface area (Å²) in [6, 6.07) is 7.03. The van der Waals surface area contributed by atoms with E-state index in [0.29, 0.717) is 0 Å². The number of carbonyl (C=O) groups is 2. The van der Waals surface area contributed by atoms with Crippen LogP contribution >= 0.6 is 0 Å². The van der Waals surface area contributed by atoms with E-state index in [1.54, 1.807) is 7.11 Å². The first kappa shape index (κ1) is 17.0. The maximum absolute atomic E-state index is 12.0. The van der Waals surface area contributed by atoms with Gasteiger partial charge in [-0.2, -0.15) is 0 Å². The summed E-state index contributed by atoms with van der Waals surface area (Å²) in [6.07, 6.45) is 0. The quantitative estimate of drug-likeness (QED) is 0.833. The van der Waals surface area contributed by atoms with Crippen molar-refractivity contribution in [2.45, 2.75) is 26.8 Å². The van der Waals surface area contributed by atoms with Gasteiger partial charge in [-0.3, -0.25) is 9.59 Å². The van der Waals surface area contributed by atoms with Gasteiger partial charge in [-0.15, -0.1) is 0 Å². The summed E-state index contributed by atoms with van der Waals surface area (Å²) in [5.41, 5.74) is 0.912. The first-order valence-electron chi connectivity index (χ1n) is 7.00. The lowest BCUT2D eigenvalue weighted by Gasteiger charge is -2.23. The molecule has 0 aliphatic rings. The highest BCUT2D eigenvalue weighted by atomic mass is 16.5. The Bertz CT molecular complexity index is 483. The molecule has 0 aliphatic heterocycles. The molecule has 0 radical (unpaired) electrons. The number of benzene rings is 1. The SMILES string of the molecule is COc1ccc(N(C)CC(=O)NC(C(C)=O)C(C)C)cc1.